The molecule has 112 valence electrons. The van der Waals surface area contributed by atoms with E-state index in [-0.39, 0.29) is 0 Å². The molecule has 0 fully saturated rings. The van der Waals surface area contributed by atoms with Crippen LogP contribution in [-0.4, -0.2) is 10.5 Å². The molecule has 0 saturated carbocycles. The smallest absolute Gasteiger partial charge is 0.233 e. The van der Waals surface area contributed by atoms with Crippen LogP contribution >= 0.6 is 23.2 Å². The molecule has 4 heteroatoms. The number of hydrogen-bond acceptors (Lipinski definition) is 2. The SMILES string of the molecule is CCCCCCCCCCCCC(C(=O)Cl)C(=O)Cl. The fraction of sp³-hybridized carbons (Fsp3) is 0.867. The first-order valence-corrected chi connectivity index (χ1v) is 8.23. The monoisotopic (exact) mass is 308 g/mol. The van der Waals surface area contributed by atoms with Gasteiger partial charge in [0, 0.05) is 0 Å². The molecular weight excluding hydrogens is 283 g/mol. The third kappa shape index (κ3) is 11.4. The molecule has 0 aliphatic rings. The molecule has 2 nitrogen and oxygen atoms in total. The van der Waals surface area contributed by atoms with Crippen molar-refractivity contribution in [1.82, 2.24) is 0 Å². The molecule has 0 aromatic carbocycles. The number of hydrogen-bond donors (Lipinski definition) is 0. The number of carbonyl (C=O) groups excluding carboxylic acids is 2. The van der Waals surface area contributed by atoms with Crippen LogP contribution in [0.15, 0.2) is 0 Å². The van der Waals surface area contributed by atoms with Crippen molar-refractivity contribution in [2.24, 2.45) is 5.92 Å². The molecule has 0 amide bonds. The van der Waals surface area contributed by atoms with Crippen molar-refractivity contribution in [1.29, 1.82) is 0 Å². The molecular formula is C15H26Cl2O2. The molecule has 0 aromatic rings. The first kappa shape index (κ1) is 18.9. The number of halogens is 2. The molecule has 0 N–H and O–H groups in total. The Hall–Kier alpha value is -0.0800. The topological polar surface area (TPSA) is 34.1 Å². The van der Waals surface area contributed by atoms with Gasteiger partial charge >= 0.3 is 0 Å². The summed E-state index contributed by atoms with van der Waals surface area (Å²) >= 11 is 10.6. The van der Waals surface area contributed by atoms with E-state index in [2.05, 4.69) is 6.92 Å². The van der Waals surface area contributed by atoms with E-state index in [9.17, 15) is 9.59 Å². The van der Waals surface area contributed by atoms with Gasteiger partial charge in [0.05, 0.1) is 0 Å². The van der Waals surface area contributed by atoms with Crippen molar-refractivity contribution in [3.63, 3.8) is 0 Å². The van der Waals surface area contributed by atoms with E-state index in [0.717, 1.165) is 19.3 Å². The van der Waals surface area contributed by atoms with Crippen LogP contribution < -0.4 is 0 Å². The Morgan fingerprint density at radius 1 is 0.737 bits per heavy atom. The largest absolute Gasteiger partial charge is 0.280 e. The van der Waals surface area contributed by atoms with Gasteiger partial charge < -0.3 is 0 Å². The quantitative estimate of drug-likeness (QED) is 0.258. The molecule has 0 aliphatic heterocycles. The fourth-order valence-electron chi connectivity index (χ4n) is 2.15. The summed E-state index contributed by atoms with van der Waals surface area (Å²) < 4.78 is 0. The lowest BCUT2D eigenvalue weighted by Crippen LogP contribution is -2.15. The van der Waals surface area contributed by atoms with E-state index in [4.69, 9.17) is 23.2 Å². The molecule has 0 rings (SSSR count). The summed E-state index contributed by atoms with van der Waals surface area (Å²) in [7, 11) is 0. The zero-order valence-electron chi connectivity index (χ0n) is 11.9. The van der Waals surface area contributed by atoms with Gasteiger partial charge in [0.15, 0.2) is 0 Å². The molecule has 0 unspecified atom stereocenters. The first-order chi connectivity index (χ1) is 9.09. The van der Waals surface area contributed by atoms with Crippen molar-refractivity contribution in [3.05, 3.63) is 0 Å². The van der Waals surface area contributed by atoms with Gasteiger partial charge in [-0.25, -0.2) is 0 Å². The average molecular weight is 309 g/mol. The number of carbonyl (C=O) groups is 2. The molecule has 19 heavy (non-hydrogen) atoms. The van der Waals surface area contributed by atoms with Crippen molar-refractivity contribution < 1.29 is 9.59 Å². The van der Waals surface area contributed by atoms with Crippen LogP contribution in [0.2, 0.25) is 0 Å². The standard InChI is InChI=1S/C15H26Cl2O2/c1-2-3-4-5-6-7-8-9-10-11-12-13(14(16)18)15(17)19/h13H,2-12H2,1H3. The second kappa shape index (κ2) is 12.9. The van der Waals surface area contributed by atoms with E-state index >= 15 is 0 Å². The first-order valence-electron chi connectivity index (χ1n) is 7.48. The Balaban J connectivity index is 3.35. The summed E-state index contributed by atoms with van der Waals surface area (Å²) in [5.74, 6) is -0.808. The Morgan fingerprint density at radius 3 is 1.47 bits per heavy atom. The highest BCUT2D eigenvalue weighted by Gasteiger charge is 2.22. The van der Waals surface area contributed by atoms with Crippen molar-refractivity contribution in [2.75, 3.05) is 0 Å². The highest BCUT2D eigenvalue weighted by atomic mass is 35.5. The molecule has 0 aliphatic carbocycles. The van der Waals surface area contributed by atoms with Crippen LogP contribution in [-0.2, 0) is 9.59 Å². The lowest BCUT2D eigenvalue weighted by Gasteiger charge is -2.07. The number of unbranched alkanes of at least 4 members (excludes halogenated alkanes) is 9. The molecule has 0 radical (unpaired) electrons. The van der Waals surface area contributed by atoms with Gasteiger partial charge in [-0.15, -0.1) is 0 Å². The second-order valence-corrected chi connectivity index (χ2v) is 5.88. The summed E-state index contributed by atoms with van der Waals surface area (Å²) in [6.45, 7) is 2.23. The van der Waals surface area contributed by atoms with Gasteiger partial charge in [-0.05, 0) is 29.6 Å². The number of rotatable bonds is 13. The maximum absolute atomic E-state index is 10.9. The fourth-order valence-corrected chi connectivity index (χ4v) is 2.62. The van der Waals surface area contributed by atoms with Crippen LogP contribution in [0.4, 0.5) is 0 Å². The second-order valence-electron chi connectivity index (χ2n) is 5.13. The normalized spacial score (nSPS) is 10.9. The zero-order valence-corrected chi connectivity index (χ0v) is 13.4. The van der Waals surface area contributed by atoms with Crippen LogP contribution in [0, 0.1) is 5.92 Å². The molecule has 0 spiro atoms. The highest BCUT2D eigenvalue weighted by molar-refractivity contribution is 6.73. The van der Waals surface area contributed by atoms with Crippen LogP contribution in [0.3, 0.4) is 0 Å². The Kier molecular flexibility index (Phi) is 12.9. The lowest BCUT2D eigenvalue weighted by atomic mass is 10.0. The van der Waals surface area contributed by atoms with Crippen LogP contribution in [0.25, 0.3) is 0 Å². The van der Waals surface area contributed by atoms with Gasteiger partial charge in [0.1, 0.15) is 5.92 Å². The van der Waals surface area contributed by atoms with Gasteiger partial charge in [-0.3, -0.25) is 9.59 Å². The lowest BCUT2D eigenvalue weighted by molar-refractivity contribution is -0.124. The van der Waals surface area contributed by atoms with Crippen molar-refractivity contribution in [3.8, 4) is 0 Å². The van der Waals surface area contributed by atoms with E-state index in [1.807, 2.05) is 0 Å². The summed E-state index contributed by atoms with van der Waals surface area (Å²) in [6.07, 6.45) is 12.7. The minimum atomic E-state index is -0.808. The molecule has 0 bridgehead atoms. The molecule has 0 heterocycles. The third-order valence-corrected chi connectivity index (χ3v) is 3.92. The minimum Gasteiger partial charge on any atom is -0.280 e. The van der Waals surface area contributed by atoms with Gasteiger partial charge in [-0.1, -0.05) is 71.1 Å². The zero-order chi connectivity index (χ0) is 14.5. The summed E-state index contributed by atoms with van der Waals surface area (Å²) in [5, 5.41) is -1.26. The Labute approximate surface area is 127 Å². The minimum absolute atomic E-state index is 0.487. The third-order valence-electron chi connectivity index (χ3n) is 3.39. The Morgan fingerprint density at radius 2 is 1.11 bits per heavy atom. The van der Waals surface area contributed by atoms with E-state index in [1.165, 1.54) is 44.9 Å². The predicted molar refractivity (Wildman–Crippen MR) is 81.7 cm³/mol. The van der Waals surface area contributed by atoms with Crippen LogP contribution in [0.1, 0.15) is 77.6 Å². The molecule has 0 atom stereocenters. The predicted octanol–water partition coefficient (Wildman–Crippen LogP) is 5.44. The van der Waals surface area contributed by atoms with E-state index in [0.29, 0.717) is 6.42 Å². The summed E-state index contributed by atoms with van der Waals surface area (Å²) in [5.41, 5.74) is 0. The Bertz CT molecular complexity index is 241. The molecule has 0 aromatic heterocycles. The highest BCUT2D eigenvalue weighted by Crippen LogP contribution is 2.17. The van der Waals surface area contributed by atoms with Gasteiger partial charge in [0.2, 0.25) is 10.5 Å². The van der Waals surface area contributed by atoms with Gasteiger partial charge in [-0.2, -0.15) is 0 Å². The van der Waals surface area contributed by atoms with Crippen molar-refractivity contribution in [2.45, 2.75) is 77.6 Å². The maximum Gasteiger partial charge on any atom is 0.233 e. The maximum atomic E-state index is 10.9. The van der Waals surface area contributed by atoms with E-state index < -0.39 is 16.4 Å². The van der Waals surface area contributed by atoms with E-state index in [1.54, 1.807) is 0 Å². The summed E-state index contributed by atoms with van der Waals surface area (Å²) in [6, 6.07) is 0. The molecule has 0 saturated heterocycles. The average Bonchev–Trinajstić information content (AvgIpc) is 2.35. The van der Waals surface area contributed by atoms with Gasteiger partial charge in [0.25, 0.3) is 0 Å². The van der Waals surface area contributed by atoms with Crippen LogP contribution in [0.5, 0.6) is 0 Å². The van der Waals surface area contributed by atoms with Crippen molar-refractivity contribution >= 4 is 33.7 Å². The summed E-state index contributed by atoms with van der Waals surface area (Å²) in [4.78, 5) is 21.9.